The Hall–Kier alpha value is -0.580. The van der Waals surface area contributed by atoms with Crippen molar-refractivity contribution in [2.75, 3.05) is 11.0 Å². The number of nitrogens with one attached hydrogen (secondary N) is 1. The predicted molar refractivity (Wildman–Crippen MR) is 47.4 cm³/mol. The first-order valence-corrected chi connectivity index (χ1v) is 6.62. The first-order valence-electron chi connectivity index (χ1n) is 2.80. The van der Waals surface area contributed by atoms with Crippen LogP contribution in [-0.2, 0) is 21.1 Å². The van der Waals surface area contributed by atoms with Gasteiger partial charge < -0.3 is 0 Å². The van der Waals surface area contributed by atoms with Crippen LogP contribution >= 0.6 is 11.3 Å². The molecule has 1 atom stereocenters. The Bertz CT molecular complexity index is 423. The van der Waals surface area contributed by atoms with Gasteiger partial charge in [0, 0.05) is 6.26 Å². The van der Waals surface area contributed by atoms with Gasteiger partial charge in [-0.1, -0.05) is 11.3 Å². The maximum Gasteiger partial charge on any atom is 0.261 e. The number of aromatic nitrogens is 2. The normalized spacial score (nSPS) is 14.0. The summed E-state index contributed by atoms with van der Waals surface area (Å²) in [7, 11) is -3.39. The maximum absolute atomic E-state index is 10.9. The van der Waals surface area contributed by atoms with Gasteiger partial charge >= 0.3 is 0 Å². The third-order valence-electron chi connectivity index (χ3n) is 0.898. The summed E-state index contributed by atoms with van der Waals surface area (Å²) in [4.78, 5) is 0. The van der Waals surface area contributed by atoms with Crippen LogP contribution < -0.4 is 4.72 Å². The van der Waals surface area contributed by atoms with Gasteiger partial charge in [0.05, 0.1) is 0 Å². The van der Waals surface area contributed by atoms with E-state index in [1.54, 1.807) is 0 Å². The highest BCUT2D eigenvalue weighted by Gasteiger charge is 2.14. The highest BCUT2D eigenvalue weighted by atomic mass is 32.2. The van der Waals surface area contributed by atoms with Crippen molar-refractivity contribution in [3.8, 4) is 0 Å². The molecule has 0 bridgehead atoms. The Kier molecular flexibility index (Phi) is 2.95. The number of sulfone groups is 1. The standard InChI is InChI=1S/C3H5N3O4S3/c1-13(9,10)3-5-4-2(11-3)6-12(7)8/h1H3,(H,4,6)(H,7,8). The first kappa shape index (κ1) is 10.5. The third-order valence-corrected chi connectivity index (χ3v) is 3.90. The van der Waals surface area contributed by atoms with Crippen LogP contribution in [0.5, 0.6) is 0 Å². The maximum atomic E-state index is 10.9. The molecule has 74 valence electrons. The Morgan fingerprint density at radius 1 is 1.54 bits per heavy atom. The van der Waals surface area contributed by atoms with Gasteiger partial charge in [0.15, 0.2) is 0 Å². The van der Waals surface area contributed by atoms with E-state index in [9.17, 15) is 12.6 Å². The molecule has 2 N–H and O–H groups in total. The van der Waals surface area contributed by atoms with Gasteiger partial charge in [-0.25, -0.2) is 12.6 Å². The summed E-state index contributed by atoms with van der Waals surface area (Å²) in [5.74, 6) is 0. The zero-order valence-corrected chi connectivity index (χ0v) is 8.74. The molecule has 1 aromatic rings. The summed E-state index contributed by atoms with van der Waals surface area (Å²) < 4.78 is 42.1. The van der Waals surface area contributed by atoms with Crippen LogP contribution in [-0.4, -0.2) is 33.6 Å². The summed E-state index contributed by atoms with van der Waals surface area (Å²) >= 11 is -1.57. The van der Waals surface area contributed by atoms with Gasteiger partial charge in [-0.3, -0.25) is 9.27 Å². The minimum absolute atomic E-state index is 0.0127. The van der Waals surface area contributed by atoms with Gasteiger partial charge in [-0.2, -0.15) is 0 Å². The van der Waals surface area contributed by atoms with E-state index in [-0.39, 0.29) is 9.47 Å². The quantitative estimate of drug-likeness (QED) is 0.692. The molecule has 0 radical (unpaired) electrons. The molecule has 0 aliphatic carbocycles. The van der Waals surface area contributed by atoms with Crippen molar-refractivity contribution in [1.29, 1.82) is 0 Å². The minimum atomic E-state index is -3.39. The van der Waals surface area contributed by atoms with Crippen LogP contribution in [0.4, 0.5) is 5.13 Å². The zero-order chi connectivity index (χ0) is 10.1. The van der Waals surface area contributed by atoms with Crippen molar-refractivity contribution >= 4 is 37.6 Å². The molecule has 0 aromatic carbocycles. The first-order chi connectivity index (χ1) is 5.89. The van der Waals surface area contributed by atoms with Crippen molar-refractivity contribution in [3.63, 3.8) is 0 Å². The Labute approximate surface area is 80.5 Å². The fraction of sp³-hybridized carbons (Fsp3) is 0.333. The van der Waals surface area contributed by atoms with Gasteiger partial charge in [0.1, 0.15) is 0 Å². The third kappa shape index (κ3) is 2.99. The number of hydrogen-bond acceptors (Lipinski definition) is 6. The van der Waals surface area contributed by atoms with Crippen molar-refractivity contribution in [2.45, 2.75) is 4.34 Å². The largest absolute Gasteiger partial charge is 0.289 e. The van der Waals surface area contributed by atoms with E-state index >= 15 is 0 Å². The highest BCUT2D eigenvalue weighted by Crippen LogP contribution is 2.19. The van der Waals surface area contributed by atoms with Gasteiger partial charge in [-0.15, -0.1) is 10.2 Å². The summed E-state index contributed by atoms with van der Waals surface area (Å²) in [5.41, 5.74) is 0. The van der Waals surface area contributed by atoms with Crippen molar-refractivity contribution in [2.24, 2.45) is 0 Å². The van der Waals surface area contributed by atoms with Crippen LogP contribution in [0.2, 0.25) is 0 Å². The number of nitrogens with zero attached hydrogens (tertiary/aromatic N) is 2. The fourth-order valence-electron chi connectivity index (χ4n) is 0.476. The molecule has 0 aliphatic rings. The molecule has 13 heavy (non-hydrogen) atoms. The number of anilines is 1. The van der Waals surface area contributed by atoms with Gasteiger partial charge in [0.25, 0.3) is 11.3 Å². The molecule has 0 saturated heterocycles. The Balaban J connectivity index is 2.94. The second kappa shape index (κ2) is 3.65. The lowest BCUT2D eigenvalue weighted by Crippen LogP contribution is -2.00. The average molecular weight is 243 g/mol. The molecule has 1 aromatic heterocycles. The lowest BCUT2D eigenvalue weighted by molar-refractivity contribution is 0.570. The molecule has 1 heterocycles. The van der Waals surface area contributed by atoms with E-state index in [4.69, 9.17) is 4.55 Å². The molecule has 10 heteroatoms. The SMILES string of the molecule is CS(=O)(=O)c1nnc(NS(=O)O)s1. The van der Waals surface area contributed by atoms with E-state index in [0.29, 0.717) is 11.3 Å². The smallest absolute Gasteiger partial charge is 0.261 e. The molecule has 0 spiro atoms. The lowest BCUT2D eigenvalue weighted by Gasteiger charge is -1.89. The van der Waals surface area contributed by atoms with Gasteiger partial charge in [-0.05, 0) is 0 Å². The molecule has 0 aliphatic heterocycles. The second-order valence-corrected chi connectivity index (χ2v) is 5.87. The summed E-state index contributed by atoms with van der Waals surface area (Å²) in [6, 6.07) is 0. The second-order valence-electron chi connectivity index (χ2n) is 2.00. The van der Waals surface area contributed by atoms with E-state index in [2.05, 4.69) is 10.2 Å². The molecule has 7 nitrogen and oxygen atoms in total. The fourth-order valence-corrected chi connectivity index (χ4v) is 2.41. The lowest BCUT2D eigenvalue weighted by atomic mass is 11.3. The minimum Gasteiger partial charge on any atom is -0.289 e. The Morgan fingerprint density at radius 3 is 2.54 bits per heavy atom. The summed E-state index contributed by atoms with van der Waals surface area (Å²) in [6.45, 7) is 0. The molecular formula is C3H5N3O4S3. The van der Waals surface area contributed by atoms with Crippen LogP contribution in [0.15, 0.2) is 4.34 Å². The monoisotopic (exact) mass is 243 g/mol. The van der Waals surface area contributed by atoms with Crippen LogP contribution in [0.25, 0.3) is 0 Å². The zero-order valence-electron chi connectivity index (χ0n) is 6.29. The number of hydrogen-bond donors (Lipinski definition) is 2. The molecule has 0 amide bonds. The van der Waals surface area contributed by atoms with E-state index in [1.807, 2.05) is 4.72 Å². The van der Waals surface area contributed by atoms with E-state index in [0.717, 1.165) is 6.26 Å². The summed E-state index contributed by atoms with van der Waals surface area (Å²) in [6.07, 6.45) is 0.979. The van der Waals surface area contributed by atoms with E-state index in [1.165, 1.54) is 0 Å². The molecule has 1 rings (SSSR count). The highest BCUT2D eigenvalue weighted by molar-refractivity contribution is 7.92. The topological polar surface area (TPSA) is 109 Å². The van der Waals surface area contributed by atoms with Crippen LogP contribution in [0, 0.1) is 0 Å². The van der Waals surface area contributed by atoms with Crippen molar-refractivity contribution < 1.29 is 17.2 Å². The average Bonchev–Trinajstić information content (AvgIpc) is 2.32. The summed E-state index contributed by atoms with van der Waals surface area (Å²) in [5, 5.41) is 6.65. The van der Waals surface area contributed by atoms with Crippen molar-refractivity contribution in [1.82, 2.24) is 10.2 Å². The molecule has 0 saturated carbocycles. The van der Waals surface area contributed by atoms with Crippen LogP contribution in [0.3, 0.4) is 0 Å². The number of rotatable bonds is 3. The van der Waals surface area contributed by atoms with E-state index < -0.39 is 21.1 Å². The predicted octanol–water partition coefficient (Wildman–Crippen LogP) is -0.510. The molecular weight excluding hydrogens is 238 g/mol. The molecule has 1 unspecified atom stereocenters. The van der Waals surface area contributed by atoms with Crippen LogP contribution in [0.1, 0.15) is 0 Å². The van der Waals surface area contributed by atoms with Gasteiger partial charge in [0.2, 0.25) is 19.3 Å². The Morgan fingerprint density at radius 2 is 2.15 bits per heavy atom. The van der Waals surface area contributed by atoms with Crippen molar-refractivity contribution in [3.05, 3.63) is 0 Å². The molecule has 0 fully saturated rings.